The lowest BCUT2D eigenvalue weighted by Crippen LogP contribution is -2.46. The van der Waals surface area contributed by atoms with E-state index in [1.54, 1.807) is 12.1 Å². The van der Waals surface area contributed by atoms with Crippen molar-refractivity contribution in [3.63, 3.8) is 0 Å². The average molecular weight is 342 g/mol. The van der Waals surface area contributed by atoms with Crippen molar-refractivity contribution >= 4 is 28.3 Å². The first-order valence-electron chi connectivity index (χ1n) is 5.68. The van der Waals surface area contributed by atoms with Crippen LogP contribution < -0.4 is 5.32 Å². The van der Waals surface area contributed by atoms with E-state index >= 15 is 0 Å². The van der Waals surface area contributed by atoms with E-state index in [9.17, 15) is 8.78 Å². The van der Waals surface area contributed by atoms with Crippen LogP contribution >= 0.6 is 28.3 Å². The largest absolute Gasteiger partial charge is 0.314 e. The van der Waals surface area contributed by atoms with Crippen molar-refractivity contribution in [2.24, 2.45) is 0 Å². The minimum atomic E-state index is -0.570. The van der Waals surface area contributed by atoms with Gasteiger partial charge in [0.2, 0.25) is 0 Å². The highest BCUT2D eigenvalue weighted by molar-refractivity contribution is 9.10. The van der Waals surface area contributed by atoms with Gasteiger partial charge in [-0.3, -0.25) is 4.90 Å². The van der Waals surface area contributed by atoms with Gasteiger partial charge in [0.15, 0.2) is 0 Å². The van der Waals surface area contributed by atoms with Crippen LogP contribution in [0.1, 0.15) is 11.6 Å². The van der Waals surface area contributed by atoms with Crippen molar-refractivity contribution in [2.45, 2.75) is 6.04 Å². The molecule has 0 unspecified atom stereocenters. The zero-order valence-electron chi connectivity index (χ0n) is 9.83. The number of rotatable bonds is 3. The molecule has 0 radical (unpaired) electrons. The second kappa shape index (κ2) is 7.38. The van der Waals surface area contributed by atoms with Crippen LogP contribution in [0.15, 0.2) is 22.7 Å². The van der Waals surface area contributed by atoms with Crippen LogP contribution in [0, 0.1) is 5.82 Å². The van der Waals surface area contributed by atoms with Gasteiger partial charge in [0.1, 0.15) is 12.5 Å². The first kappa shape index (κ1) is 15.8. The zero-order chi connectivity index (χ0) is 12.3. The Morgan fingerprint density at radius 1 is 1.33 bits per heavy atom. The number of alkyl halides is 1. The van der Waals surface area contributed by atoms with E-state index in [4.69, 9.17) is 0 Å². The first-order chi connectivity index (χ1) is 8.24. The van der Waals surface area contributed by atoms with Crippen LogP contribution in [0.25, 0.3) is 0 Å². The van der Waals surface area contributed by atoms with Crippen molar-refractivity contribution in [3.05, 3.63) is 34.1 Å². The lowest BCUT2D eigenvalue weighted by Gasteiger charge is -2.34. The maximum Gasteiger partial charge on any atom is 0.129 e. The monoisotopic (exact) mass is 340 g/mol. The Hall–Kier alpha value is -0.230. The van der Waals surface area contributed by atoms with Gasteiger partial charge in [-0.05, 0) is 12.1 Å². The fourth-order valence-corrected chi connectivity index (χ4v) is 2.79. The quantitative estimate of drug-likeness (QED) is 0.909. The summed E-state index contributed by atoms with van der Waals surface area (Å²) in [7, 11) is 0. The number of piperazine rings is 1. The van der Waals surface area contributed by atoms with Crippen molar-refractivity contribution in [1.29, 1.82) is 0 Å². The Kier molecular flexibility index (Phi) is 6.49. The van der Waals surface area contributed by atoms with Gasteiger partial charge in [0.05, 0.1) is 6.04 Å². The fraction of sp³-hybridized carbons (Fsp3) is 0.500. The lowest BCUT2D eigenvalue weighted by molar-refractivity contribution is 0.144. The summed E-state index contributed by atoms with van der Waals surface area (Å²) < 4.78 is 27.7. The summed E-state index contributed by atoms with van der Waals surface area (Å²) in [6, 6.07) is 4.26. The number of hydrogen-bond acceptors (Lipinski definition) is 2. The van der Waals surface area contributed by atoms with Crippen molar-refractivity contribution in [2.75, 3.05) is 32.9 Å². The van der Waals surface area contributed by atoms with Crippen LogP contribution in [0.2, 0.25) is 0 Å². The first-order valence-corrected chi connectivity index (χ1v) is 6.48. The van der Waals surface area contributed by atoms with E-state index in [2.05, 4.69) is 21.2 Å². The summed E-state index contributed by atoms with van der Waals surface area (Å²) >= 11 is 3.31. The molecule has 6 heteroatoms. The Morgan fingerprint density at radius 3 is 2.56 bits per heavy atom. The molecule has 0 aliphatic carbocycles. The molecule has 1 saturated heterocycles. The third-order valence-corrected chi connectivity index (χ3v) is 3.76. The van der Waals surface area contributed by atoms with Gasteiger partial charge in [-0.25, -0.2) is 8.78 Å². The summed E-state index contributed by atoms with van der Waals surface area (Å²) in [6.07, 6.45) is 0. The molecule has 102 valence electrons. The topological polar surface area (TPSA) is 15.3 Å². The molecule has 1 fully saturated rings. The third kappa shape index (κ3) is 3.41. The summed E-state index contributed by atoms with van der Waals surface area (Å²) in [5.41, 5.74) is 0.428. The Labute approximate surface area is 120 Å². The summed E-state index contributed by atoms with van der Waals surface area (Å²) in [5, 5.41) is 3.20. The molecule has 0 aromatic heterocycles. The van der Waals surface area contributed by atoms with Crippen LogP contribution in [0.3, 0.4) is 0 Å². The SMILES string of the molecule is Cl.FC[C@H](c1c(F)cccc1Br)N1CCNCC1. The second-order valence-electron chi connectivity index (χ2n) is 4.09. The van der Waals surface area contributed by atoms with Gasteiger partial charge in [-0.1, -0.05) is 22.0 Å². The number of hydrogen-bond donors (Lipinski definition) is 1. The molecule has 18 heavy (non-hydrogen) atoms. The standard InChI is InChI=1S/C12H15BrF2N2.ClH/c13-9-2-1-3-10(15)12(9)11(8-14)17-6-4-16-5-7-17;/h1-3,11,16H,4-8H2;1H/t11-;/m1./s1. The molecule has 1 heterocycles. The van der Waals surface area contributed by atoms with Gasteiger partial charge >= 0.3 is 0 Å². The van der Waals surface area contributed by atoms with Gasteiger partial charge in [0.25, 0.3) is 0 Å². The molecule has 0 saturated carbocycles. The number of nitrogens with one attached hydrogen (secondary N) is 1. The normalized spacial score (nSPS) is 18.2. The van der Waals surface area contributed by atoms with Crippen LogP contribution in [0.5, 0.6) is 0 Å². The summed E-state index contributed by atoms with van der Waals surface area (Å²) in [4.78, 5) is 1.99. The van der Waals surface area contributed by atoms with E-state index in [0.29, 0.717) is 10.0 Å². The molecule has 1 aliphatic heterocycles. The molecule has 1 aromatic carbocycles. The molecule has 0 amide bonds. The molecule has 1 atom stereocenters. The van der Waals surface area contributed by atoms with Gasteiger partial charge in [-0.2, -0.15) is 0 Å². The van der Waals surface area contributed by atoms with E-state index in [1.165, 1.54) is 6.07 Å². The predicted octanol–water partition coefficient (Wildman–Crippen LogP) is 2.93. The van der Waals surface area contributed by atoms with Crippen molar-refractivity contribution in [3.8, 4) is 0 Å². The maximum atomic E-state index is 13.8. The van der Waals surface area contributed by atoms with E-state index in [0.717, 1.165) is 26.2 Å². The minimum Gasteiger partial charge on any atom is -0.314 e. The summed E-state index contributed by atoms with van der Waals surface area (Å²) in [6.45, 7) is 2.56. The molecule has 1 aromatic rings. The molecule has 1 N–H and O–H groups in total. The minimum absolute atomic E-state index is 0. The fourth-order valence-electron chi connectivity index (χ4n) is 2.18. The maximum absolute atomic E-state index is 13.8. The molecule has 2 nitrogen and oxygen atoms in total. The van der Waals surface area contributed by atoms with Crippen LogP contribution in [-0.2, 0) is 0 Å². The second-order valence-corrected chi connectivity index (χ2v) is 4.95. The van der Waals surface area contributed by atoms with Gasteiger partial charge in [0, 0.05) is 36.2 Å². The highest BCUT2D eigenvalue weighted by atomic mass is 79.9. The number of benzene rings is 1. The molecular weight excluding hydrogens is 325 g/mol. The van der Waals surface area contributed by atoms with E-state index in [-0.39, 0.29) is 18.2 Å². The summed E-state index contributed by atoms with van der Waals surface area (Å²) in [5.74, 6) is -0.347. The van der Waals surface area contributed by atoms with Crippen molar-refractivity contribution in [1.82, 2.24) is 10.2 Å². The molecule has 0 bridgehead atoms. The predicted molar refractivity (Wildman–Crippen MR) is 74.5 cm³/mol. The van der Waals surface area contributed by atoms with E-state index < -0.39 is 12.7 Å². The van der Waals surface area contributed by atoms with Gasteiger partial charge in [-0.15, -0.1) is 12.4 Å². The van der Waals surface area contributed by atoms with Crippen LogP contribution in [-0.4, -0.2) is 37.8 Å². The Morgan fingerprint density at radius 2 is 2.00 bits per heavy atom. The lowest BCUT2D eigenvalue weighted by atomic mass is 10.0. The van der Waals surface area contributed by atoms with Gasteiger partial charge < -0.3 is 5.32 Å². The highest BCUT2D eigenvalue weighted by Gasteiger charge is 2.26. The number of halogens is 4. The van der Waals surface area contributed by atoms with Crippen LogP contribution in [0.4, 0.5) is 8.78 Å². The highest BCUT2D eigenvalue weighted by Crippen LogP contribution is 2.30. The van der Waals surface area contributed by atoms with Crippen molar-refractivity contribution < 1.29 is 8.78 Å². The molecule has 0 spiro atoms. The van der Waals surface area contributed by atoms with E-state index in [1.807, 2.05) is 4.90 Å². The Balaban J connectivity index is 0.00000162. The number of nitrogens with zero attached hydrogens (tertiary/aromatic N) is 1. The molecule has 2 rings (SSSR count). The molecule has 1 aliphatic rings. The third-order valence-electron chi connectivity index (χ3n) is 3.07. The smallest absolute Gasteiger partial charge is 0.129 e. The Bertz CT molecular complexity index is 366. The zero-order valence-corrected chi connectivity index (χ0v) is 12.2. The average Bonchev–Trinajstić information content (AvgIpc) is 2.35. The molecular formula is C12H16BrClF2N2.